The van der Waals surface area contributed by atoms with E-state index >= 15 is 0 Å². The van der Waals surface area contributed by atoms with Gasteiger partial charge in [0.25, 0.3) is 0 Å². The van der Waals surface area contributed by atoms with Crippen LogP contribution in [0.4, 0.5) is 0 Å². The van der Waals surface area contributed by atoms with Gasteiger partial charge >= 0.3 is 0 Å². The second kappa shape index (κ2) is 5.86. The Bertz CT molecular complexity index is 176. The Balaban J connectivity index is 2.41. The van der Waals surface area contributed by atoms with Gasteiger partial charge in [0.1, 0.15) is 0 Å². The molecule has 0 aromatic rings. The molecule has 0 amide bonds. The highest BCUT2D eigenvalue weighted by Gasteiger charge is 2.20. The quantitative estimate of drug-likeness (QED) is 0.784. The largest absolute Gasteiger partial charge is 0.315 e. The van der Waals surface area contributed by atoms with E-state index in [0.29, 0.717) is 6.04 Å². The zero-order chi connectivity index (χ0) is 9.68. The minimum Gasteiger partial charge on any atom is -0.315 e. The molecule has 1 saturated heterocycles. The van der Waals surface area contributed by atoms with E-state index in [1.54, 1.807) is 0 Å². The summed E-state index contributed by atoms with van der Waals surface area (Å²) < 4.78 is 0. The molecule has 2 nitrogen and oxygen atoms in total. The fourth-order valence-electron chi connectivity index (χ4n) is 1.68. The molecule has 0 bridgehead atoms. The highest BCUT2D eigenvalue weighted by Crippen LogP contribution is 2.13. The Morgan fingerprint density at radius 1 is 1.69 bits per heavy atom. The van der Waals surface area contributed by atoms with Gasteiger partial charge in [0.2, 0.25) is 0 Å². The molecule has 1 aliphatic heterocycles. The van der Waals surface area contributed by atoms with Crippen molar-refractivity contribution >= 4 is 23.2 Å². The molecule has 0 aromatic carbocycles. The van der Waals surface area contributed by atoms with Gasteiger partial charge in [-0.25, -0.2) is 0 Å². The van der Waals surface area contributed by atoms with E-state index in [1.165, 1.54) is 12.0 Å². The van der Waals surface area contributed by atoms with Crippen LogP contribution in [-0.4, -0.2) is 37.1 Å². The third kappa shape index (κ3) is 3.47. The van der Waals surface area contributed by atoms with Crippen LogP contribution >= 0.6 is 23.2 Å². The summed E-state index contributed by atoms with van der Waals surface area (Å²) in [6.07, 6.45) is 1.21. The lowest BCUT2D eigenvalue weighted by Crippen LogP contribution is -2.37. The summed E-state index contributed by atoms with van der Waals surface area (Å²) in [6.45, 7) is 6.13. The molecule has 0 spiro atoms. The lowest BCUT2D eigenvalue weighted by atomic mass is 10.2. The molecule has 4 heteroatoms. The summed E-state index contributed by atoms with van der Waals surface area (Å²) >= 11 is 11.4. The summed E-state index contributed by atoms with van der Waals surface area (Å²) in [5.41, 5.74) is 1.45. The molecular formula is C9H16Cl2N2. The third-order valence-electron chi connectivity index (χ3n) is 2.43. The first kappa shape index (κ1) is 11.3. The maximum absolute atomic E-state index is 5.88. The first-order chi connectivity index (χ1) is 6.27. The summed E-state index contributed by atoms with van der Waals surface area (Å²) in [5, 5.41) is 4.06. The SMILES string of the molecule is CCN(CC(Cl)=CCl)C1CCNC1. The molecule has 1 unspecified atom stereocenters. The molecule has 13 heavy (non-hydrogen) atoms. The normalized spacial score (nSPS) is 24.3. The molecule has 76 valence electrons. The van der Waals surface area contributed by atoms with E-state index in [9.17, 15) is 0 Å². The molecule has 1 fully saturated rings. The Kier molecular flexibility index (Phi) is 5.10. The van der Waals surface area contributed by atoms with Crippen molar-refractivity contribution in [2.75, 3.05) is 26.2 Å². The number of nitrogens with zero attached hydrogens (tertiary/aromatic N) is 1. The summed E-state index contributed by atoms with van der Waals surface area (Å²) in [4.78, 5) is 2.35. The molecule has 1 rings (SSSR count). The first-order valence-corrected chi connectivity index (χ1v) is 5.49. The molecular weight excluding hydrogens is 207 g/mol. The van der Waals surface area contributed by atoms with E-state index in [2.05, 4.69) is 17.1 Å². The van der Waals surface area contributed by atoms with Crippen molar-refractivity contribution in [3.63, 3.8) is 0 Å². The van der Waals surface area contributed by atoms with Crippen molar-refractivity contribution in [1.82, 2.24) is 10.2 Å². The Labute approximate surface area is 89.9 Å². The van der Waals surface area contributed by atoms with Gasteiger partial charge in [0, 0.05) is 29.7 Å². The highest BCUT2D eigenvalue weighted by molar-refractivity contribution is 6.36. The average Bonchev–Trinajstić information content (AvgIpc) is 2.66. The highest BCUT2D eigenvalue weighted by atomic mass is 35.5. The molecule has 0 aliphatic carbocycles. The van der Waals surface area contributed by atoms with Crippen molar-refractivity contribution in [2.24, 2.45) is 0 Å². The number of halogens is 2. The fourth-order valence-corrected chi connectivity index (χ4v) is 1.90. The topological polar surface area (TPSA) is 15.3 Å². The van der Waals surface area contributed by atoms with Crippen LogP contribution in [0.2, 0.25) is 0 Å². The van der Waals surface area contributed by atoms with Crippen LogP contribution in [0.25, 0.3) is 0 Å². The Hall–Kier alpha value is 0.240. The first-order valence-electron chi connectivity index (χ1n) is 4.67. The van der Waals surface area contributed by atoms with Crippen molar-refractivity contribution in [3.05, 3.63) is 10.6 Å². The van der Waals surface area contributed by atoms with E-state index in [0.717, 1.165) is 31.2 Å². The van der Waals surface area contributed by atoms with Gasteiger partial charge in [-0.2, -0.15) is 0 Å². The van der Waals surface area contributed by atoms with Crippen LogP contribution in [0.15, 0.2) is 10.6 Å². The van der Waals surface area contributed by atoms with E-state index in [-0.39, 0.29) is 0 Å². The molecule has 1 heterocycles. The fraction of sp³-hybridized carbons (Fsp3) is 0.778. The number of likely N-dealkylation sites (N-methyl/N-ethyl adjacent to an activating group) is 1. The summed E-state index contributed by atoms with van der Waals surface area (Å²) in [6, 6.07) is 0.621. The average molecular weight is 223 g/mol. The van der Waals surface area contributed by atoms with Crippen molar-refractivity contribution < 1.29 is 0 Å². The smallest absolute Gasteiger partial charge is 0.0434 e. The van der Waals surface area contributed by atoms with Gasteiger partial charge in [0.05, 0.1) is 0 Å². The van der Waals surface area contributed by atoms with Gasteiger partial charge in [-0.3, -0.25) is 4.90 Å². The lowest BCUT2D eigenvalue weighted by Gasteiger charge is -2.26. The predicted molar refractivity (Wildman–Crippen MR) is 58.3 cm³/mol. The molecule has 0 saturated carbocycles. The van der Waals surface area contributed by atoms with Crippen LogP contribution in [0, 0.1) is 0 Å². The van der Waals surface area contributed by atoms with Crippen molar-refractivity contribution in [1.29, 1.82) is 0 Å². The number of nitrogens with one attached hydrogen (secondary N) is 1. The van der Waals surface area contributed by atoms with Crippen molar-refractivity contribution in [3.8, 4) is 0 Å². The van der Waals surface area contributed by atoms with Crippen LogP contribution in [-0.2, 0) is 0 Å². The van der Waals surface area contributed by atoms with Gasteiger partial charge in [0.15, 0.2) is 0 Å². The van der Waals surface area contributed by atoms with E-state index in [4.69, 9.17) is 23.2 Å². The second-order valence-corrected chi connectivity index (χ2v) is 3.97. The van der Waals surface area contributed by atoms with Crippen LogP contribution in [0.3, 0.4) is 0 Å². The number of hydrogen-bond donors (Lipinski definition) is 1. The second-order valence-electron chi connectivity index (χ2n) is 3.27. The third-order valence-corrected chi connectivity index (χ3v) is 3.03. The summed E-state index contributed by atoms with van der Waals surface area (Å²) in [5.74, 6) is 0. The maximum Gasteiger partial charge on any atom is 0.0434 e. The zero-order valence-electron chi connectivity index (χ0n) is 7.89. The predicted octanol–water partition coefficient (Wildman–Crippen LogP) is 1.99. The number of hydrogen-bond acceptors (Lipinski definition) is 2. The van der Waals surface area contributed by atoms with Crippen LogP contribution < -0.4 is 5.32 Å². The molecule has 0 radical (unpaired) electrons. The van der Waals surface area contributed by atoms with Gasteiger partial charge in [-0.05, 0) is 19.5 Å². The molecule has 1 aliphatic rings. The maximum atomic E-state index is 5.88. The van der Waals surface area contributed by atoms with E-state index < -0.39 is 0 Å². The lowest BCUT2D eigenvalue weighted by molar-refractivity contribution is 0.241. The standard InChI is InChI=1S/C9H16Cl2N2/c1-2-13(7-8(11)5-10)9-3-4-12-6-9/h5,9,12H,2-4,6-7H2,1H3. The van der Waals surface area contributed by atoms with Crippen LogP contribution in [0.5, 0.6) is 0 Å². The zero-order valence-corrected chi connectivity index (χ0v) is 9.41. The van der Waals surface area contributed by atoms with Gasteiger partial charge < -0.3 is 5.32 Å². The Morgan fingerprint density at radius 3 is 2.92 bits per heavy atom. The van der Waals surface area contributed by atoms with Gasteiger partial charge in [-0.1, -0.05) is 30.1 Å². The van der Waals surface area contributed by atoms with Gasteiger partial charge in [-0.15, -0.1) is 0 Å². The molecule has 0 aromatic heterocycles. The molecule has 1 N–H and O–H groups in total. The van der Waals surface area contributed by atoms with Crippen molar-refractivity contribution in [2.45, 2.75) is 19.4 Å². The van der Waals surface area contributed by atoms with E-state index in [1.807, 2.05) is 0 Å². The minimum atomic E-state index is 0.621. The summed E-state index contributed by atoms with van der Waals surface area (Å²) in [7, 11) is 0. The Morgan fingerprint density at radius 2 is 2.46 bits per heavy atom. The van der Waals surface area contributed by atoms with Crippen LogP contribution in [0.1, 0.15) is 13.3 Å². The molecule has 1 atom stereocenters. The monoisotopic (exact) mass is 222 g/mol. The minimum absolute atomic E-state index is 0.621. The number of rotatable bonds is 4.